The topological polar surface area (TPSA) is 62.6 Å². The van der Waals surface area contributed by atoms with E-state index >= 15 is 0 Å². The van der Waals surface area contributed by atoms with Crippen molar-refractivity contribution in [2.75, 3.05) is 18.0 Å². The van der Waals surface area contributed by atoms with Crippen LogP contribution < -0.4 is 4.90 Å². The van der Waals surface area contributed by atoms with Gasteiger partial charge < -0.3 is 14.5 Å². The van der Waals surface area contributed by atoms with Crippen molar-refractivity contribution in [3.8, 4) is 11.3 Å². The van der Waals surface area contributed by atoms with Gasteiger partial charge in [0, 0.05) is 38.1 Å². The van der Waals surface area contributed by atoms with Crippen LogP contribution in [-0.2, 0) is 7.05 Å². The first-order chi connectivity index (χ1) is 10.3. The van der Waals surface area contributed by atoms with Crippen molar-refractivity contribution in [3.05, 3.63) is 25.0 Å². The quantitative estimate of drug-likeness (QED) is 0.783. The average molecular weight is 282 g/mol. The van der Waals surface area contributed by atoms with Gasteiger partial charge in [-0.15, -0.1) is 0 Å². The number of fused-ring (bicyclic) bond motifs is 1. The second kappa shape index (κ2) is 4.87. The predicted octanol–water partition coefficient (Wildman–Crippen LogP) is 2.35. The lowest BCUT2D eigenvalue weighted by molar-refractivity contribution is 0.574. The van der Waals surface area contributed by atoms with Gasteiger partial charge in [0.05, 0.1) is 17.4 Å². The van der Waals surface area contributed by atoms with Crippen LogP contribution >= 0.6 is 0 Å². The van der Waals surface area contributed by atoms with Crippen molar-refractivity contribution in [1.29, 1.82) is 0 Å². The Kier molecular flexibility index (Phi) is 2.87. The molecule has 0 spiro atoms. The maximum absolute atomic E-state index is 4.56. The zero-order chi connectivity index (χ0) is 14.2. The summed E-state index contributed by atoms with van der Waals surface area (Å²) < 4.78 is 1.96. The Morgan fingerprint density at radius 3 is 2.71 bits per heavy atom. The maximum atomic E-state index is 4.56. The molecule has 0 unspecified atom stereocenters. The highest BCUT2D eigenvalue weighted by molar-refractivity contribution is 6.00. The van der Waals surface area contributed by atoms with E-state index in [9.17, 15) is 0 Å². The fourth-order valence-electron chi connectivity index (χ4n) is 3.05. The number of nitrogens with zero attached hydrogens (tertiary/aromatic N) is 5. The number of aromatic amines is 1. The molecule has 4 rings (SSSR count). The van der Waals surface area contributed by atoms with Crippen molar-refractivity contribution in [1.82, 2.24) is 24.5 Å². The largest absolute Gasteiger partial charge is 0.356 e. The van der Waals surface area contributed by atoms with E-state index in [0.717, 1.165) is 41.2 Å². The summed E-state index contributed by atoms with van der Waals surface area (Å²) in [4.78, 5) is 19.0. The summed E-state index contributed by atoms with van der Waals surface area (Å²) in [6.07, 6.45) is 11.2. The van der Waals surface area contributed by atoms with Crippen molar-refractivity contribution in [2.45, 2.75) is 19.3 Å². The first-order valence-electron chi connectivity index (χ1n) is 7.38. The molecule has 1 N–H and O–H groups in total. The summed E-state index contributed by atoms with van der Waals surface area (Å²) in [6, 6.07) is 0. The highest BCUT2D eigenvalue weighted by Gasteiger charge is 2.20. The predicted molar refractivity (Wildman–Crippen MR) is 82.2 cm³/mol. The fraction of sp³-hybridized carbons (Fsp3) is 0.400. The Morgan fingerprint density at radius 2 is 1.95 bits per heavy atom. The molecule has 3 aromatic heterocycles. The van der Waals surface area contributed by atoms with Gasteiger partial charge in [0.2, 0.25) is 0 Å². The van der Waals surface area contributed by atoms with Crippen LogP contribution in [0.1, 0.15) is 19.3 Å². The molecule has 0 amide bonds. The van der Waals surface area contributed by atoms with Crippen LogP contribution in [0.15, 0.2) is 25.0 Å². The maximum Gasteiger partial charge on any atom is 0.143 e. The minimum atomic E-state index is 0.881. The van der Waals surface area contributed by atoms with Crippen molar-refractivity contribution in [2.24, 2.45) is 7.05 Å². The molecule has 1 aliphatic rings. The Balaban J connectivity index is 1.88. The smallest absolute Gasteiger partial charge is 0.143 e. The molecule has 1 fully saturated rings. The van der Waals surface area contributed by atoms with Gasteiger partial charge in [-0.05, 0) is 19.3 Å². The average Bonchev–Trinajstić information content (AvgIpc) is 3.13. The molecule has 0 radical (unpaired) electrons. The number of hydrogen-bond acceptors (Lipinski definition) is 4. The number of rotatable bonds is 2. The zero-order valence-corrected chi connectivity index (χ0v) is 12.1. The van der Waals surface area contributed by atoms with Crippen molar-refractivity contribution >= 4 is 16.9 Å². The minimum absolute atomic E-state index is 0.881. The molecule has 6 heteroatoms. The van der Waals surface area contributed by atoms with Crippen molar-refractivity contribution < 1.29 is 0 Å². The molecule has 21 heavy (non-hydrogen) atoms. The summed E-state index contributed by atoms with van der Waals surface area (Å²) in [5.74, 6) is 1.03. The monoisotopic (exact) mass is 282 g/mol. The van der Waals surface area contributed by atoms with Crippen LogP contribution in [0.5, 0.6) is 0 Å². The molecule has 0 atom stereocenters. The molecular formula is C15H18N6. The zero-order valence-electron chi connectivity index (χ0n) is 12.1. The Morgan fingerprint density at radius 1 is 1.10 bits per heavy atom. The summed E-state index contributed by atoms with van der Waals surface area (Å²) in [5.41, 5.74) is 2.91. The highest BCUT2D eigenvalue weighted by atomic mass is 15.2. The highest BCUT2D eigenvalue weighted by Crippen LogP contribution is 2.33. The molecule has 0 saturated carbocycles. The lowest BCUT2D eigenvalue weighted by Gasteiger charge is -2.28. The second-order valence-corrected chi connectivity index (χ2v) is 5.60. The lowest BCUT2D eigenvalue weighted by atomic mass is 10.1. The first-order valence-corrected chi connectivity index (χ1v) is 7.38. The van der Waals surface area contributed by atoms with E-state index in [-0.39, 0.29) is 0 Å². The molecule has 1 saturated heterocycles. The Labute approximate surface area is 122 Å². The Hall–Kier alpha value is -2.37. The summed E-state index contributed by atoms with van der Waals surface area (Å²) in [7, 11) is 1.98. The molecule has 3 aromatic rings. The van der Waals surface area contributed by atoms with E-state index in [2.05, 4.69) is 24.8 Å². The number of piperidine rings is 1. The van der Waals surface area contributed by atoms with Crippen molar-refractivity contribution in [3.63, 3.8) is 0 Å². The number of nitrogens with one attached hydrogen (secondary N) is 1. The van der Waals surface area contributed by atoms with Crippen LogP contribution in [0.4, 0.5) is 5.82 Å². The van der Waals surface area contributed by atoms with Gasteiger partial charge in [-0.1, -0.05) is 0 Å². The van der Waals surface area contributed by atoms with Gasteiger partial charge in [0.15, 0.2) is 0 Å². The minimum Gasteiger partial charge on any atom is -0.356 e. The molecule has 0 aromatic carbocycles. The van der Waals surface area contributed by atoms with Gasteiger partial charge in [0.25, 0.3) is 0 Å². The number of H-pyrrole nitrogens is 1. The van der Waals surface area contributed by atoms with Gasteiger partial charge in [0.1, 0.15) is 17.8 Å². The SMILES string of the molecule is Cn1cnc(-c2c[nH]c3ncnc(N4CCCCC4)c23)c1. The molecule has 1 aliphatic heterocycles. The van der Waals surface area contributed by atoms with Crippen LogP contribution in [-0.4, -0.2) is 37.6 Å². The van der Waals surface area contributed by atoms with Crippen LogP contribution in [0.2, 0.25) is 0 Å². The molecule has 108 valence electrons. The van der Waals surface area contributed by atoms with E-state index in [1.807, 2.05) is 30.3 Å². The first kappa shape index (κ1) is 12.4. The molecule has 4 heterocycles. The molecule has 0 aliphatic carbocycles. The van der Waals surface area contributed by atoms with Crippen LogP contribution in [0.3, 0.4) is 0 Å². The molecule has 0 bridgehead atoms. The number of imidazole rings is 1. The lowest BCUT2D eigenvalue weighted by Crippen LogP contribution is -2.30. The van der Waals surface area contributed by atoms with Gasteiger partial charge in [-0.3, -0.25) is 0 Å². The normalized spacial score (nSPS) is 15.8. The number of aromatic nitrogens is 5. The van der Waals surface area contributed by atoms with E-state index in [4.69, 9.17) is 0 Å². The van der Waals surface area contributed by atoms with Gasteiger partial charge >= 0.3 is 0 Å². The van der Waals surface area contributed by atoms with Gasteiger partial charge in [-0.25, -0.2) is 15.0 Å². The third kappa shape index (κ3) is 2.07. The number of anilines is 1. The second-order valence-electron chi connectivity index (χ2n) is 5.60. The number of hydrogen-bond donors (Lipinski definition) is 1. The molecular weight excluding hydrogens is 264 g/mol. The van der Waals surface area contributed by atoms with E-state index < -0.39 is 0 Å². The van der Waals surface area contributed by atoms with E-state index in [1.54, 1.807) is 6.33 Å². The summed E-state index contributed by atoms with van der Waals surface area (Å²) in [5, 5.41) is 1.08. The summed E-state index contributed by atoms with van der Waals surface area (Å²) >= 11 is 0. The third-order valence-electron chi connectivity index (χ3n) is 4.09. The summed E-state index contributed by atoms with van der Waals surface area (Å²) in [6.45, 7) is 2.14. The number of aryl methyl sites for hydroxylation is 1. The standard InChI is InChI=1S/C15H18N6/c1-20-8-12(19-10-20)11-7-16-14-13(11)15(18-9-17-14)21-5-3-2-4-6-21/h7-10H,2-6H2,1H3,(H,16,17,18). The van der Waals surface area contributed by atoms with E-state index in [0.29, 0.717) is 0 Å². The third-order valence-corrected chi connectivity index (χ3v) is 4.09. The Bertz CT molecular complexity index is 765. The molecule has 6 nitrogen and oxygen atoms in total. The van der Waals surface area contributed by atoms with Crippen LogP contribution in [0, 0.1) is 0 Å². The van der Waals surface area contributed by atoms with Crippen LogP contribution in [0.25, 0.3) is 22.3 Å². The van der Waals surface area contributed by atoms with E-state index in [1.165, 1.54) is 19.3 Å². The van der Waals surface area contributed by atoms with Gasteiger partial charge in [-0.2, -0.15) is 0 Å². The fourth-order valence-corrected chi connectivity index (χ4v) is 3.05.